The van der Waals surface area contributed by atoms with Crippen LogP contribution in [0.4, 0.5) is 0 Å². The van der Waals surface area contributed by atoms with Crippen molar-refractivity contribution in [1.82, 2.24) is 0 Å². The minimum atomic E-state index is 0.594. The molecule has 0 saturated carbocycles. The summed E-state index contributed by atoms with van der Waals surface area (Å²) in [5, 5.41) is 0. The third kappa shape index (κ3) is 3.02. The Morgan fingerprint density at radius 3 is 2.45 bits per heavy atom. The molecule has 0 heterocycles. The van der Waals surface area contributed by atoms with Crippen molar-refractivity contribution in [3.05, 3.63) is 64.7 Å². The summed E-state index contributed by atoms with van der Waals surface area (Å²) in [5.74, 6) is 0.594. The molecule has 2 aromatic rings. The Balaban J connectivity index is 1.93. The molecule has 2 aromatic carbocycles. The van der Waals surface area contributed by atoms with E-state index < -0.39 is 0 Å². The van der Waals surface area contributed by atoms with Crippen LogP contribution in [0.5, 0.6) is 0 Å². The zero-order valence-corrected chi connectivity index (χ0v) is 14.0. The number of hydrogen-bond donors (Lipinski definition) is 0. The lowest BCUT2D eigenvalue weighted by molar-refractivity contribution is 0.779. The number of fused-ring (bicyclic) bond motifs is 1. The van der Waals surface area contributed by atoms with E-state index >= 15 is 0 Å². The molecule has 0 spiro atoms. The summed E-state index contributed by atoms with van der Waals surface area (Å²) < 4.78 is 0. The van der Waals surface area contributed by atoms with Crippen LogP contribution in [0.25, 0.3) is 17.2 Å². The average molecular weight is 290 g/mol. The Morgan fingerprint density at radius 2 is 1.77 bits per heavy atom. The van der Waals surface area contributed by atoms with E-state index in [9.17, 15) is 0 Å². The minimum Gasteiger partial charge on any atom is -0.0654 e. The summed E-state index contributed by atoms with van der Waals surface area (Å²) in [4.78, 5) is 0. The Hall–Kier alpha value is -1.82. The van der Waals surface area contributed by atoms with Crippen molar-refractivity contribution in [1.29, 1.82) is 0 Å². The molecule has 0 atom stereocenters. The number of allylic oxidation sites excluding steroid dienone is 1. The molecule has 0 fully saturated rings. The Morgan fingerprint density at radius 1 is 1.00 bits per heavy atom. The number of unbranched alkanes of at least 4 members (excludes halogenated alkanes) is 1. The van der Waals surface area contributed by atoms with E-state index in [1.54, 1.807) is 5.57 Å². The van der Waals surface area contributed by atoms with Gasteiger partial charge in [-0.2, -0.15) is 0 Å². The summed E-state index contributed by atoms with van der Waals surface area (Å²) in [7, 11) is 0. The van der Waals surface area contributed by atoms with Crippen molar-refractivity contribution in [2.24, 2.45) is 0 Å². The molecular weight excluding hydrogens is 264 g/mol. The third-order valence-corrected chi connectivity index (χ3v) is 4.70. The lowest BCUT2D eigenvalue weighted by Gasteiger charge is -2.10. The van der Waals surface area contributed by atoms with Crippen molar-refractivity contribution in [3.8, 4) is 11.1 Å². The average Bonchev–Trinajstić information content (AvgIpc) is 2.95. The van der Waals surface area contributed by atoms with E-state index in [0.29, 0.717) is 5.92 Å². The van der Waals surface area contributed by atoms with Crippen LogP contribution in [-0.4, -0.2) is 0 Å². The van der Waals surface area contributed by atoms with Crippen LogP contribution >= 0.6 is 0 Å². The van der Waals surface area contributed by atoms with Crippen molar-refractivity contribution >= 4 is 6.08 Å². The summed E-state index contributed by atoms with van der Waals surface area (Å²) in [6, 6.07) is 15.9. The molecule has 0 amide bonds. The largest absolute Gasteiger partial charge is 0.0654 e. The van der Waals surface area contributed by atoms with Gasteiger partial charge in [0.25, 0.3) is 0 Å². The van der Waals surface area contributed by atoms with Crippen molar-refractivity contribution in [3.63, 3.8) is 0 Å². The molecule has 1 aliphatic rings. The van der Waals surface area contributed by atoms with Crippen LogP contribution in [0.2, 0.25) is 0 Å². The lowest BCUT2D eigenvalue weighted by Crippen LogP contribution is -1.90. The second-order valence-electron chi connectivity index (χ2n) is 6.74. The van der Waals surface area contributed by atoms with Gasteiger partial charge in [-0.15, -0.1) is 0 Å². The fraction of sp³-hybridized carbons (Fsp3) is 0.364. The first kappa shape index (κ1) is 15.1. The highest BCUT2D eigenvalue weighted by molar-refractivity contribution is 5.80. The van der Waals surface area contributed by atoms with E-state index in [1.807, 2.05) is 0 Å². The van der Waals surface area contributed by atoms with Gasteiger partial charge < -0.3 is 0 Å². The normalized spacial score (nSPS) is 13.4. The molecular formula is C22H26. The Kier molecular flexibility index (Phi) is 4.47. The maximum absolute atomic E-state index is 2.44. The molecule has 0 saturated heterocycles. The van der Waals surface area contributed by atoms with Crippen LogP contribution in [0, 0.1) is 0 Å². The Labute approximate surface area is 134 Å². The standard InChI is InChI=1S/C22H26/c1-4-5-7-17-14-20-8-6-9-21(22(20)15-17)19-12-10-18(11-13-19)16(2)3/h6,8-13,15-16H,4-5,7,14H2,1-3H3. The molecule has 0 N–H and O–H groups in total. The van der Waals surface area contributed by atoms with E-state index in [4.69, 9.17) is 0 Å². The molecule has 0 aromatic heterocycles. The first-order valence-electron chi connectivity index (χ1n) is 8.60. The SMILES string of the molecule is CCCCC1=Cc2c(cccc2-c2ccc(C(C)C)cc2)C1. The number of hydrogen-bond acceptors (Lipinski definition) is 0. The summed E-state index contributed by atoms with van der Waals surface area (Å²) in [6.07, 6.45) is 7.41. The Bertz CT molecular complexity index is 672. The van der Waals surface area contributed by atoms with Crippen LogP contribution in [0.15, 0.2) is 48.0 Å². The lowest BCUT2D eigenvalue weighted by atomic mass is 9.94. The molecule has 114 valence electrons. The fourth-order valence-corrected chi connectivity index (χ4v) is 3.30. The summed E-state index contributed by atoms with van der Waals surface area (Å²) in [5.41, 5.74) is 8.69. The van der Waals surface area contributed by atoms with Gasteiger partial charge in [-0.3, -0.25) is 0 Å². The number of rotatable bonds is 5. The molecule has 1 aliphatic carbocycles. The van der Waals surface area contributed by atoms with Crippen molar-refractivity contribution in [2.75, 3.05) is 0 Å². The second kappa shape index (κ2) is 6.52. The first-order chi connectivity index (χ1) is 10.7. The highest BCUT2D eigenvalue weighted by atomic mass is 14.2. The quantitative estimate of drug-likeness (QED) is 0.581. The maximum atomic E-state index is 2.44. The fourth-order valence-electron chi connectivity index (χ4n) is 3.30. The van der Waals surface area contributed by atoms with Gasteiger partial charge in [-0.05, 0) is 53.0 Å². The van der Waals surface area contributed by atoms with Gasteiger partial charge in [0.2, 0.25) is 0 Å². The van der Waals surface area contributed by atoms with Gasteiger partial charge in [0.15, 0.2) is 0 Å². The van der Waals surface area contributed by atoms with Gasteiger partial charge in [-0.1, -0.05) is 81.3 Å². The highest BCUT2D eigenvalue weighted by Crippen LogP contribution is 2.35. The monoisotopic (exact) mass is 290 g/mol. The smallest absolute Gasteiger partial charge is 0.00576 e. The van der Waals surface area contributed by atoms with Gasteiger partial charge in [-0.25, -0.2) is 0 Å². The van der Waals surface area contributed by atoms with Gasteiger partial charge in [0.1, 0.15) is 0 Å². The maximum Gasteiger partial charge on any atom is -0.00576 e. The van der Waals surface area contributed by atoms with Gasteiger partial charge in [0, 0.05) is 0 Å². The number of benzene rings is 2. The van der Waals surface area contributed by atoms with Crippen LogP contribution in [0.3, 0.4) is 0 Å². The van der Waals surface area contributed by atoms with Crippen LogP contribution in [0.1, 0.15) is 62.6 Å². The van der Waals surface area contributed by atoms with E-state index in [2.05, 4.69) is 69.3 Å². The van der Waals surface area contributed by atoms with E-state index in [-0.39, 0.29) is 0 Å². The molecule has 0 unspecified atom stereocenters. The van der Waals surface area contributed by atoms with E-state index in [1.165, 1.54) is 47.1 Å². The topological polar surface area (TPSA) is 0 Å². The molecule has 0 nitrogen and oxygen atoms in total. The zero-order chi connectivity index (χ0) is 15.5. The van der Waals surface area contributed by atoms with E-state index in [0.717, 1.165) is 6.42 Å². The first-order valence-corrected chi connectivity index (χ1v) is 8.60. The molecule has 22 heavy (non-hydrogen) atoms. The van der Waals surface area contributed by atoms with Crippen molar-refractivity contribution < 1.29 is 0 Å². The second-order valence-corrected chi connectivity index (χ2v) is 6.74. The molecule has 0 bridgehead atoms. The van der Waals surface area contributed by atoms with Crippen LogP contribution < -0.4 is 0 Å². The predicted molar refractivity (Wildman–Crippen MR) is 97.2 cm³/mol. The third-order valence-electron chi connectivity index (χ3n) is 4.70. The molecule has 0 radical (unpaired) electrons. The molecule has 0 heteroatoms. The predicted octanol–water partition coefficient (Wildman–Crippen LogP) is 6.61. The molecule has 0 aliphatic heterocycles. The van der Waals surface area contributed by atoms with Crippen molar-refractivity contribution in [2.45, 2.75) is 52.4 Å². The minimum absolute atomic E-state index is 0.594. The highest BCUT2D eigenvalue weighted by Gasteiger charge is 2.16. The summed E-state index contributed by atoms with van der Waals surface area (Å²) in [6.45, 7) is 6.76. The zero-order valence-electron chi connectivity index (χ0n) is 14.0. The van der Waals surface area contributed by atoms with Gasteiger partial charge in [0.05, 0.1) is 0 Å². The van der Waals surface area contributed by atoms with Gasteiger partial charge >= 0.3 is 0 Å². The molecule has 3 rings (SSSR count). The van der Waals surface area contributed by atoms with Crippen LogP contribution in [-0.2, 0) is 6.42 Å². The summed E-state index contributed by atoms with van der Waals surface area (Å²) >= 11 is 0.